The molecule has 3 rings (SSSR count). The number of ketones is 1. The molecule has 0 radical (unpaired) electrons. The van der Waals surface area contributed by atoms with Gasteiger partial charge in [0.15, 0.2) is 10.7 Å². The van der Waals surface area contributed by atoms with Gasteiger partial charge in [-0.25, -0.2) is 0 Å². The van der Waals surface area contributed by atoms with Crippen LogP contribution in [-0.4, -0.2) is 15.3 Å². The van der Waals surface area contributed by atoms with Gasteiger partial charge in [0.05, 0.1) is 15.9 Å². The van der Waals surface area contributed by atoms with Crippen LogP contribution in [0.15, 0.2) is 57.2 Å². The smallest absolute Gasteiger partial charge is 0.243 e. The maximum absolute atomic E-state index is 12.9. The minimum absolute atomic E-state index is 0.108. The number of nitrogens with one attached hydrogen (secondary N) is 1. The number of carbonyl (C=O) groups excluding carboxylic acids is 1. The number of aromatic nitrogens is 1. The molecule has 1 N–H and O–H groups in total. The first-order chi connectivity index (χ1) is 11.4. The molecular formula is C18H14ClNO3S. The van der Waals surface area contributed by atoms with Gasteiger partial charge in [-0.05, 0) is 37.6 Å². The van der Waals surface area contributed by atoms with Gasteiger partial charge >= 0.3 is 0 Å². The lowest BCUT2D eigenvalue weighted by molar-refractivity contribution is 0.101. The highest BCUT2D eigenvalue weighted by molar-refractivity contribution is 7.91. The van der Waals surface area contributed by atoms with Crippen LogP contribution < -0.4 is 5.43 Å². The van der Waals surface area contributed by atoms with Crippen molar-refractivity contribution in [2.45, 2.75) is 23.8 Å². The number of Topliss-reactive ketones (excluding diaryl/α,β-unsaturated/α-hetero) is 1. The number of hydrogen-bond acceptors (Lipinski definition) is 3. The van der Waals surface area contributed by atoms with E-state index < -0.39 is 22.4 Å². The van der Waals surface area contributed by atoms with Crippen molar-refractivity contribution in [2.75, 3.05) is 0 Å². The number of halogens is 1. The number of rotatable bonds is 3. The zero-order valence-corrected chi connectivity index (χ0v) is 14.6. The van der Waals surface area contributed by atoms with Crippen molar-refractivity contribution in [1.29, 1.82) is 0 Å². The van der Waals surface area contributed by atoms with Gasteiger partial charge < -0.3 is 9.54 Å². The zero-order chi connectivity index (χ0) is 17.4. The third-order valence-electron chi connectivity index (χ3n) is 3.78. The van der Waals surface area contributed by atoms with Crippen LogP contribution in [0.5, 0.6) is 0 Å². The van der Waals surface area contributed by atoms with Crippen LogP contribution in [0.4, 0.5) is 0 Å². The standard InChI is InChI=1S/C18H14ClNO3S/c1-10-8-9-13(19)15-16(10)20-18(14(11(2)21)17(15)22)24(23)12-6-4-3-5-7-12/h3-9H,1-2H3,(H,20,22). The van der Waals surface area contributed by atoms with Crippen LogP contribution in [0, 0.1) is 6.92 Å². The van der Waals surface area contributed by atoms with E-state index in [0.29, 0.717) is 10.4 Å². The Morgan fingerprint density at radius 3 is 2.46 bits per heavy atom. The van der Waals surface area contributed by atoms with E-state index in [0.717, 1.165) is 5.56 Å². The van der Waals surface area contributed by atoms with Crippen molar-refractivity contribution >= 4 is 39.5 Å². The summed E-state index contributed by atoms with van der Waals surface area (Å²) in [5.74, 6) is -0.449. The molecule has 0 aliphatic rings. The molecule has 1 unspecified atom stereocenters. The van der Waals surface area contributed by atoms with Crippen molar-refractivity contribution in [2.24, 2.45) is 0 Å². The Bertz CT molecular complexity index is 999. The molecular weight excluding hydrogens is 346 g/mol. The predicted molar refractivity (Wildman–Crippen MR) is 95.4 cm³/mol. The molecule has 24 heavy (non-hydrogen) atoms. The van der Waals surface area contributed by atoms with Gasteiger partial charge in [-0.1, -0.05) is 35.9 Å². The number of carbonyl (C=O) groups is 1. The molecule has 1 aromatic heterocycles. The summed E-state index contributed by atoms with van der Waals surface area (Å²) in [5.41, 5.74) is 0.672. The summed E-state index contributed by atoms with van der Waals surface area (Å²) in [4.78, 5) is 28.4. The first-order valence-corrected chi connectivity index (χ1v) is 8.77. The Kier molecular flexibility index (Phi) is 4.49. The van der Waals surface area contributed by atoms with Crippen molar-refractivity contribution < 1.29 is 9.35 Å². The predicted octanol–water partition coefficient (Wildman–Crippen LogP) is 3.86. The number of H-pyrrole nitrogens is 1. The van der Waals surface area contributed by atoms with Gasteiger partial charge in [-0.3, -0.25) is 9.59 Å². The van der Waals surface area contributed by atoms with Crippen LogP contribution in [0.2, 0.25) is 5.02 Å². The lowest BCUT2D eigenvalue weighted by atomic mass is 10.1. The van der Waals surface area contributed by atoms with E-state index in [9.17, 15) is 14.1 Å². The normalized spacial score (nSPS) is 12.3. The van der Waals surface area contributed by atoms with E-state index >= 15 is 0 Å². The van der Waals surface area contributed by atoms with E-state index in [1.807, 2.05) is 6.92 Å². The van der Waals surface area contributed by atoms with E-state index in [4.69, 9.17) is 11.6 Å². The van der Waals surface area contributed by atoms with Gasteiger partial charge in [-0.2, -0.15) is 0 Å². The number of benzene rings is 2. The molecule has 0 saturated heterocycles. The quantitative estimate of drug-likeness (QED) is 0.570. The molecule has 0 fully saturated rings. The van der Waals surface area contributed by atoms with Crippen molar-refractivity contribution in [3.63, 3.8) is 0 Å². The monoisotopic (exact) mass is 359 g/mol. The van der Waals surface area contributed by atoms with Crippen LogP contribution >= 0.6 is 11.6 Å². The minimum atomic E-state index is -1.68. The molecule has 0 aliphatic heterocycles. The van der Waals surface area contributed by atoms with E-state index in [2.05, 4.69) is 4.98 Å². The molecule has 2 aromatic carbocycles. The highest BCUT2D eigenvalue weighted by Gasteiger charge is 2.27. The fraction of sp³-hybridized carbons (Fsp3) is 0.111. The van der Waals surface area contributed by atoms with Crippen molar-refractivity contribution in [3.05, 3.63) is 68.8 Å². The average molecular weight is 360 g/mol. The zero-order valence-electron chi connectivity index (χ0n) is 13.1. The lowest BCUT2D eigenvalue weighted by Gasteiger charge is -2.14. The summed E-state index contributed by atoms with van der Waals surface area (Å²) in [6, 6.07) is 12.1. The fourth-order valence-corrected chi connectivity index (χ4v) is 4.09. The van der Waals surface area contributed by atoms with Gasteiger partial charge in [0.25, 0.3) is 0 Å². The summed E-state index contributed by atoms with van der Waals surface area (Å²) in [6.07, 6.45) is 0. The molecule has 0 saturated carbocycles. The molecule has 1 atom stereocenters. The first kappa shape index (κ1) is 16.8. The molecule has 1 heterocycles. The Labute approximate surface area is 146 Å². The maximum atomic E-state index is 12.9. The van der Waals surface area contributed by atoms with Crippen LogP contribution in [0.1, 0.15) is 22.8 Å². The van der Waals surface area contributed by atoms with Gasteiger partial charge in [0, 0.05) is 11.2 Å². The lowest BCUT2D eigenvalue weighted by Crippen LogP contribution is -2.22. The number of fused-ring (bicyclic) bond motifs is 1. The minimum Gasteiger partial charge on any atom is -0.605 e. The Morgan fingerprint density at radius 2 is 1.83 bits per heavy atom. The molecule has 0 bridgehead atoms. The topological polar surface area (TPSA) is 73.0 Å². The van der Waals surface area contributed by atoms with E-state index in [1.165, 1.54) is 6.92 Å². The molecule has 0 amide bonds. The third kappa shape index (κ3) is 2.75. The number of aryl methyl sites for hydroxylation is 1. The number of pyridine rings is 1. The Hall–Kier alpha value is -2.08. The highest BCUT2D eigenvalue weighted by Crippen LogP contribution is 2.27. The van der Waals surface area contributed by atoms with Gasteiger partial charge in [0.2, 0.25) is 10.5 Å². The Balaban J connectivity index is 2.39. The fourth-order valence-electron chi connectivity index (χ4n) is 2.59. The van der Waals surface area contributed by atoms with Crippen molar-refractivity contribution in [1.82, 2.24) is 4.98 Å². The third-order valence-corrected chi connectivity index (χ3v) is 5.47. The summed E-state index contributed by atoms with van der Waals surface area (Å²) < 4.78 is 12.9. The molecule has 4 nitrogen and oxygen atoms in total. The van der Waals surface area contributed by atoms with Crippen molar-refractivity contribution in [3.8, 4) is 0 Å². The molecule has 122 valence electrons. The largest absolute Gasteiger partial charge is 0.605 e. The van der Waals surface area contributed by atoms with Crippen LogP contribution in [0.25, 0.3) is 10.9 Å². The second-order valence-corrected chi connectivity index (χ2v) is 7.23. The SMILES string of the molecule is CC(=O)c1c([S+]([O-])c2ccccc2)[nH]c2c(C)ccc(Cl)c2c1=O. The molecule has 0 aliphatic carbocycles. The van der Waals surface area contributed by atoms with E-state index in [-0.39, 0.29) is 21.0 Å². The number of hydrogen-bond donors (Lipinski definition) is 1. The number of aromatic amines is 1. The summed E-state index contributed by atoms with van der Waals surface area (Å²) in [7, 11) is 0. The van der Waals surface area contributed by atoms with Gasteiger partial charge in [-0.15, -0.1) is 0 Å². The second-order valence-electron chi connectivity index (χ2n) is 5.41. The summed E-state index contributed by atoms with van der Waals surface area (Å²) in [6.45, 7) is 3.10. The van der Waals surface area contributed by atoms with Gasteiger partial charge in [0.1, 0.15) is 5.56 Å². The first-order valence-electron chi connectivity index (χ1n) is 7.24. The molecule has 0 spiro atoms. The summed E-state index contributed by atoms with van der Waals surface area (Å²) in [5, 5.41) is 0.614. The maximum Gasteiger partial charge on any atom is 0.243 e. The highest BCUT2D eigenvalue weighted by atomic mass is 35.5. The average Bonchev–Trinajstić information content (AvgIpc) is 2.57. The second kappa shape index (κ2) is 6.43. The van der Waals surface area contributed by atoms with Crippen LogP contribution in [-0.2, 0) is 11.2 Å². The molecule has 3 aromatic rings. The van der Waals surface area contributed by atoms with E-state index in [1.54, 1.807) is 42.5 Å². The van der Waals surface area contributed by atoms with Crippen LogP contribution in [0.3, 0.4) is 0 Å². The Morgan fingerprint density at radius 1 is 1.17 bits per heavy atom. The molecule has 6 heteroatoms. The summed E-state index contributed by atoms with van der Waals surface area (Å²) >= 11 is 4.47.